The predicted molar refractivity (Wildman–Crippen MR) is 84.2 cm³/mol. The molecule has 3 rings (SSSR count). The van der Waals surface area contributed by atoms with E-state index < -0.39 is 0 Å². The fourth-order valence-corrected chi connectivity index (χ4v) is 2.73. The fraction of sp³-hybridized carbons (Fsp3) is 0.353. The van der Waals surface area contributed by atoms with Crippen LogP contribution in [0.25, 0.3) is 10.9 Å². The van der Waals surface area contributed by atoms with Crippen molar-refractivity contribution in [1.29, 1.82) is 0 Å². The normalized spacial score (nSPS) is 12.9. The summed E-state index contributed by atoms with van der Waals surface area (Å²) in [5.41, 5.74) is 3.48. The van der Waals surface area contributed by atoms with Crippen LogP contribution in [0, 0.1) is 0 Å². The van der Waals surface area contributed by atoms with Crippen molar-refractivity contribution in [2.75, 3.05) is 6.54 Å². The Hall–Kier alpha value is -2.07. The van der Waals surface area contributed by atoms with E-state index in [0.29, 0.717) is 0 Å². The zero-order valence-electron chi connectivity index (χ0n) is 12.5. The Morgan fingerprint density at radius 3 is 2.90 bits per heavy atom. The molecule has 2 aromatic heterocycles. The number of hydrogen-bond acceptors (Lipinski definition) is 3. The molecule has 0 aliphatic carbocycles. The predicted octanol–water partition coefficient (Wildman–Crippen LogP) is 3.45. The van der Waals surface area contributed by atoms with Crippen molar-refractivity contribution < 1.29 is 4.42 Å². The third-order valence-electron chi connectivity index (χ3n) is 3.78. The molecule has 1 N–H and O–H groups in total. The van der Waals surface area contributed by atoms with Crippen molar-refractivity contribution in [3.63, 3.8) is 0 Å². The molecule has 0 amide bonds. The molecule has 21 heavy (non-hydrogen) atoms. The van der Waals surface area contributed by atoms with Crippen molar-refractivity contribution in [1.82, 2.24) is 15.1 Å². The topological polar surface area (TPSA) is 43.0 Å². The Bertz CT molecular complexity index is 700. The second kappa shape index (κ2) is 6.14. The average molecular weight is 283 g/mol. The van der Waals surface area contributed by atoms with Crippen LogP contribution in [0.15, 0.2) is 47.3 Å². The molecular formula is C17H21N3O. The Kier molecular flexibility index (Phi) is 4.06. The van der Waals surface area contributed by atoms with Gasteiger partial charge in [-0.25, -0.2) is 0 Å². The SMILES string of the molecule is CCCNC(Cc1ccoc1)c1nn(C)c2ccccc12. The first kappa shape index (κ1) is 13.9. The third kappa shape index (κ3) is 2.85. The molecule has 0 radical (unpaired) electrons. The smallest absolute Gasteiger partial charge is 0.0935 e. The van der Waals surface area contributed by atoms with Crippen LogP contribution < -0.4 is 5.32 Å². The number of fused-ring (bicyclic) bond motifs is 1. The number of rotatable bonds is 6. The van der Waals surface area contributed by atoms with Crippen LogP contribution in [0.4, 0.5) is 0 Å². The van der Waals surface area contributed by atoms with Gasteiger partial charge in [-0.2, -0.15) is 5.10 Å². The van der Waals surface area contributed by atoms with E-state index in [1.54, 1.807) is 6.26 Å². The van der Waals surface area contributed by atoms with Gasteiger partial charge in [0, 0.05) is 12.4 Å². The van der Waals surface area contributed by atoms with Gasteiger partial charge in [-0.1, -0.05) is 25.1 Å². The van der Waals surface area contributed by atoms with Crippen molar-refractivity contribution in [2.24, 2.45) is 7.05 Å². The summed E-state index contributed by atoms with van der Waals surface area (Å²) in [6.07, 6.45) is 5.53. The molecule has 0 aliphatic rings. The molecular weight excluding hydrogens is 262 g/mol. The van der Waals surface area contributed by atoms with Gasteiger partial charge in [0.1, 0.15) is 0 Å². The van der Waals surface area contributed by atoms with E-state index in [0.717, 1.165) is 25.1 Å². The van der Waals surface area contributed by atoms with Gasteiger partial charge in [-0.15, -0.1) is 0 Å². The molecule has 0 bridgehead atoms. The molecule has 110 valence electrons. The van der Waals surface area contributed by atoms with Crippen molar-refractivity contribution in [3.05, 3.63) is 54.1 Å². The number of aryl methyl sites for hydroxylation is 1. The number of nitrogens with zero attached hydrogens (tertiary/aromatic N) is 2. The number of nitrogens with one attached hydrogen (secondary N) is 1. The summed E-state index contributed by atoms with van der Waals surface area (Å²) in [5.74, 6) is 0. The van der Waals surface area contributed by atoms with Crippen LogP contribution in [-0.4, -0.2) is 16.3 Å². The zero-order chi connectivity index (χ0) is 14.7. The van der Waals surface area contributed by atoms with Gasteiger partial charge >= 0.3 is 0 Å². The molecule has 3 aromatic rings. The molecule has 1 atom stereocenters. The quantitative estimate of drug-likeness (QED) is 0.753. The molecule has 1 aromatic carbocycles. The van der Waals surface area contributed by atoms with E-state index in [1.165, 1.54) is 16.5 Å². The molecule has 2 heterocycles. The Balaban J connectivity index is 1.97. The summed E-state index contributed by atoms with van der Waals surface area (Å²) in [7, 11) is 2.00. The highest BCUT2D eigenvalue weighted by Gasteiger charge is 2.19. The highest BCUT2D eigenvalue weighted by Crippen LogP contribution is 2.26. The number of benzene rings is 1. The average Bonchev–Trinajstić information content (AvgIpc) is 3.12. The third-order valence-corrected chi connectivity index (χ3v) is 3.78. The Morgan fingerprint density at radius 2 is 2.14 bits per heavy atom. The second-order valence-corrected chi connectivity index (χ2v) is 5.37. The highest BCUT2D eigenvalue weighted by atomic mass is 16.3. The molecule has 1 unspecified atom stereocenters. The Morgan fingerprint density at radius 1 is 1.29 bits per heavy atom. The van der Waals surface area contributed by atoms with Crippen LogP contribution in [0.3, 0.4) is 0 Å². The lowest BCUT2D eigenvalue weighted by atomic mass is 10.0. The van der Waals surface area contributed by atoms with Gasteiger partial charge in [0.05, 0.1) is 29.8 Å². The lowest BCUT2D eigenvalue weighted by Crippen LogP contribution is -2.24. The van der Waals surface area contributed by atoms with Gasteiger partial charge in [-0.3, -0.25) is 4.68 Å². The number of furan rings is 1. The summed E-state index contributed by atoms with van der Waals surface area (Å²) in [6, 6.07) is 10.6. The van der Waals surface area contributed by atoms with E-state index in [2.05, 4.69) is 36.5 Å². The number of hydrogen-bond donors (Lipinski definition) is 1. The van der Waals surface area contributed by atoms with Crippen molar-refractivity contribution in [3.8, 4) is 0 Å². The van der Waals surface area contributed by atoms with Crippen LogP contribution in [-0.2, 0) is 13.5 Å². The van der Waals surface area contributed by atoms with Crippen LogP contribution >= 0.6 is 0 Å². The van der Waals surface area contributed by atoms with Gasteiger partial charge in [0.2, 0.25) is 0 Å². The molecule has 0 fully saturated rings. The standard InChI is InChI=1S/C17H21N3O/c1-3-9-18-15(11-13-8-10-21-12-13)17-14-6-4-5-7-16(14)20(2)19-17/h4-8,10,12,15,18H,3,9,11H2,1-2H3. The minimum absolute atomic E-state index is 0.202. The molecule has 4 heteroatoms. The monoisotopic (exact) mass is 283 g/mol. The Labute approximate surface area is 124 Å². The van der Waals surface area contributed by atoms with Gasteiger partial charge in [0.25, 0.3) is 0 Å². The number of para-hydroxylation sites is 1. The first-order valence-corrected chi connectivity index (χ1v) is 7.45. The second-order valence-electron chi connectivity index (χ2n) is 5.37. The van der Waals surface area contributed by atoms with E-state index in [4.69, 9.17) is 9.52 Å². The fourth-order valence-electron chi connectivity index (χ4n) is 2.73. The maximum absolute atomic E-state index is 5.20. The molecule has 0 spiro atoms. The summed E-state index contributed by atoms with van der Waals surface area (Å²) in [4.78, 5) is 0. The first-order valence-electron chi connectivity index (χ1n) is 7.45. The maximum atomic E-state index is 5.20. The highest BCUT2D eigenvalue weighted by molar-refractivity contribution is 5.82. The van der Waals surface area contributed by atoms with Crippen LogP contribution in [0.1, 0.15) is 30.6 Å². The molecule has 0 saturated heterocycles. The van der Waals surface area contributed by atoms with Crippen LogP contribution in [0.2, 0.25) is 0 Å². The largest absolute Gasteiger partial charge is 0.472 e. The summed E-state index contributed by atoms with van der Waals surface area (Å²) < 4.78 is 7.15. The lowest BCUT2D eigenvalue weighted by Gasteiger charge is -2.16. The molecule has 4 nitrogen and oxygen atoms in total. The minimum atomic E-state index is 0.202. The van der Waals surface area contributed by atoms with E-state index in [1.807, 2.05) is 24.1 Å². The molecule has 0 saturated carbocycles. The number of aromatic nitrogens is 2. The minimum Gasteiger partial charge on any atom is -0.472 e. The maximum Gasteiger partial charge on any atom is 0.0935 e. The van der Waals surface area contributed by atoms with E-state index in [9.17, 15) is 0 Å². The van der Waals surface area contributed by atoms with Gasteiger partial charge in [0.15, 0.2) is 0 Å². The van der Waals surface area contributed by atoms with Gasteiger partial charge < -0.3 is 9.73 Å². The summed E-state index contributed by atoms with van der Waals surface area (Å²) in [5, 5.41) is 9.58. The van der Waals surface area contributed by atoms with Crippen LogP contribution in [0.5, 0.6) is 0 Å². The van der Waals surface area contributed by atoms with Gasteiger partial charge in [-0.05, 0) is 37.1 Å². The summed E-state index contributed by atoms with van der Waals surface area (Å²) >= 11 is 0. The first-order chi connectivity index (χ1) is 10.3. The van der Waals surface area contributed by atoms with E-state index in [-0.39, 0.29) is 6.04 Å². The lowest BCUT2D eigenvalue weighted by molar-refractivity contribution is 0.507. The molecule has 0 aliphatic heterocycles. The van der Waals surface area contributed by atoms with E-state index >= 15 is 0 Å². The van der Waals surface area contributed by atoms with Crippen molar-refractivity contribution in [2.45, 2.75) is 25.8 Å². The van der Waals surface area contributed by atoms with Crippen molar-refractivity contribution >= 4 is 10.9 Å². The zero-order valence-corrected chi connectivity index (χ0v) is 12.5. The summed E-state index contributed by atoms with van der Waals surface area (Å²) in [6.45, 7) is 3.16.